The maximum absolute atomic E-state index is 12.6. The van der Waals surface area contributed by atoms with E-state index < -0.39 is 0 Å². The third kappa shape index (κ3) is 3.60. The van der Waals surface area contributed by atoms with Crippen LogP contribution in [0.2, 0.25) is 5.02 Å². The molecular weight excluding hydrogens is 364 g/mol. The molecule has 1 atom stereocenters. The number of carbonyl (C=O) groups excluding carboxylic acids is 1. The fourth-order valence-corrected chi connectivity index (χ4v) is 4.49. The minimum atomic E-state index is 0.141. The number of benzene rings is 1. The summed E-state index contributed by atoms with van der Waals surface area (Å²) in [5, 5.41) is 4.86. The third-order valence-electron chi connectivity index (χ3n) is 5.64. The molecule has 2 fully saturated rings. The standard InChI is InChI=1S/C20H25ClN4O2/c1-13(2)19-22-18(23-27-19)16-9-20(10-24(16)3)11-25(12-20)17(26)8-14-5-4-6-15(21)7-14/h4-7,13,16H,8-12H2,1-3H3. The highest BCUT2D eigenvalue weighted by atomic mass is 35.5. The van der Waals surface area contributed by atoms with E-state index in [-0.39, 0.29) is 23.3 Å². The molecule has 1 aromatic heterocycles. The van der Waals surface area contributed by atoms with Crippen LogP contribution in [0.15, 0.2) is 28.8 Å². The van der Waals surface area contributed by atoms with E-state index in [0.717, 1.165) is 37.4 Å². The lowest BCUT2D eigenvalue weighted by Gasteiger charge is -2.48. The van der Waals surface area contributed by atoms with Crippen molar-refractivity contribution in [3.05, 3.63) is 46.6 Å². The topological polar surface area (TPSA) is 62.5 Å². The van der Waals surface area contributed by atoms with Crippen molar-refractivity contribution in [2.45, 2.75) is 38.6 Å². The van der Waals surface area contributed by atoms with E-state index in [4.69, 9.17) is 16.1 Å². The van der Waals surface area contributed by atoms with Crippen molar-refractivity contribution in [1.82, 2.24) is 19.9 Å². The van der Waals surface area contributed by atoms with Gasteiger partial charge in [-0.2, -0.15) is 4.98 Å². The van der Waals surface area contributed by atoms with Gasteiger partial charge in [-0.05, 0) is 31.2 Å². The minimum absolute atomic E-state index is 0.141. The molecule has 1 unspecified atom stereocenters. The predicted octanol–water partition coefficient (Wildman–Crippen LogP) is 3.29. The monoisotopic (exact) mass is 388 g/mol. The van der Waals surface area contributed by atoms with Crippen LogP contribution in [0.3, 0.4) is 0 Å². The Bertz CT molecular complexity index is 844. The summed E-state index contributed by atoms with van der Waals surface area (Å²) in [7, 11) is 2.10. The Morgan fingerprint density at radius 2 is 2.15 bits per heavy atom. The second kappa shape index (κ2) is 6.91. The van der Waals surface area contributed by atoms with E-state index in [1.165, 1.54) is 0 Å². The van der Waals surface area contributed by atoms with E-state index in [9.17, 15) is 4.79 Å². The lowest BCUT2D eigenvalue weighted by molar-refractivity contribution is -0.141. The van der Waals surface area contributed by atoms with Crippen molar-refractivity contribution < 1.29 is 9.32 Å². The average Bonchev–Trinajstić information content (AvgIpc) is 3.18. The van der Waals surface area contributed by atoms with Crippen molar-refractivity contribution in [3.8, 4) is 0 Å². The highest BCUT2D eigenvalue weighted by molar-refractivity contribution is 6.30. The van der Waals surface area contributed by atoms with Crippen LogP contribution in [0.25, 0.3) is 0 Å². The normalized spacial score (nSPS) is 21.8. The van der Waals surface area contributed by atoms with Gasteiger partial charge in [0.05, 0.1) is 12.5 Å². The molecule has 0 radical (unpaired) electrons. The Morgan fingerprint density at radius 3 is 2.81 bits per heavy atom. The second-order valence-electron chi connectivity index (χ2n) is 8.34. The number of carbonyl (C=O) groups is 1. The quantitative estimate of drug-likeness (QED) is 0.804. The SMILES string of the molecule is CC(C)c1nc(C2CC3(CN(C(=O)Cc4cccc(Cl)c4)C3)CN2C)no1. The molecule has 1 spiro atoms. The number of likely N-dealkylation sites (tertiary alicyclic amines) is 2. The second-order valence-corrected chi connectivity index (χ2v) is 8.77. The van der Waals surface area contributed by atoms with E-state index >= 15 is 0 Å². The molecule has 4 rings (SSSR count). The molecule has 0 aliphatic carbocycles. The molecule has 0 N–H and O–H groups in total. The van der Waals surface area contributed by atoms with Crippen molar-refractivity contribution in [3.63, 3.8) is 0 Å². The Labute approximate surface area is 164 Å². The van der Waals surface area contributed by atoms with Crippen molar-refractivity contribution in [2.24, 2.45) is 5.41 Å². The molecule has 7 heteroatoms. The van der Waals surface area contributed by atoms with Gasteiger partial charge in [-0.25, -0.2) is 0 Å². The fourth-order valence-electron chi connectivity index (χ4n) is 4.28. The van der Waals surface area contributed by atoms with Gasteiger partial charge >= 0.3 is 0 Å². The van der Waals surface area contributed by atoms with E-state index in [1.54, 1.807) is 0 Å². The van der Waals surface area contributed by atoms with E-state index in [2.05, 4.69) is 22.1 Å². The molecule has 6 nitrogen and oxygen atoms in total. The summed E-state index contributed by atoms with van der Waals surface area (Å²) in [4.78, 5) is 21.4. The summed E-state index contributed by atoms with van der Waals surface area (Å²) in [5.74, 6) is 1.85. The van der Waals surface area contributed by atoms with Gasteiger partial charge in [0.15, 0.2) is 5.82 Å². The molecule has 1 aromatic carbocycles. The van der Waals surface area contributed by atoms with E-state index in [1.807, 2.05) is 43.0 Å². The summed E-state index contributed by atoms with van der Waals surface area (Å²) in [6.07, 6.45) is 1.36. The number of hydrogen-bond acceptors (Lipinski definition) is 5. The van der Waals surface area contributed by atoms with Crippen molar-refractivity contribution in [2.75, 3.05) is 26.7 Å². The summed E-state index contributed by atoms with van der Waals surface area (Å²) < 4.78 is 5.38. The summed E-state index contributed by atoms with van der Waals surface area (Å²) in [6.45, 7) is 6.63. The van der Waals surface area contributed by atoms with Gasteiger partial charge in [0.25, 0.3) is 0 Å². The first-order valence-electron chi connectivity index (χ1n) is 9.41. The highest BCUT2D eigenvalue weighted by Crippen LogP contribution is 2.47. The third-order valence-corrected chi connectivity index (χ3v) is 5.88. The molecule has 1 amide bonds. The van der Waals surface area contributed by atoms with Crippen LogP contribution < -0.4 is 0 Å². The van der Waals surface area contributed by atoms with Gasteiger partial charge in [0.1, 0.15) is 0 Å². The highest BCUT2D eigenvalue weighted by Gasteiger charge is 2.52. The van der Waals surface area contributed by atoms with Crippen LogP contribution in [0.1, 0.15) is 49.5 Å². The number of aromatic nitrogens is 2. The molecule has 27 heavy (non-hydrogen) atoms. The Balaban J connectivity index is 1.37. The first kappa shape index (κ1) is 18.4. The smallest absolute Gasteiger partial charge is 0.229 e. The Kier molecular flexibility index (Phi) is 4.72. The van der Waals surface area contributed by atoms with Crippen molar-refractivity contribution in [1.29, 1.82) is 0 Å². The maximum atomic E-state index is 12.6. The lowest BCUT2D eigenvalue weighted by atomic mass is 9.77. The van der Waals surface area contributed by atoms with Crippen LogP contribution in [0, 0.1) is 5.41 Å². The van der Waals surface area contributed by atoms with Crippen LogP contribution >= 0.6 is 11.6 Å². The zero-order chi connectivity index (χ0) is 19.2. The molecule has 2 saturated heterocycles. The van der Waals surface area contributed by atoms with Crippen LogP contribution in [-0.2, 0) is 11.2 Å². The number of amides is 1. The first-order valence-corrected chi connectivity index (χ1v) is 9.79. The average molecular weight is 389 g/mol. The Morgan fingerprint density at radius 1 is 1.37 bits per heavy atom. The number of halogens is 1. The van der Waals surface area contributed by atoms with Crippen LogP contribution in [0.5, 0.6) is 0 Å². The van der Waals surface area contributed by atoms with Gasteiger partial charge in [-0.1, -0.05) is 42.7 Å². The van der Waals surface area contributed by atoms with Crippen molar-refractivity contribution >= 4 is 17.5 Å². The Hall–Kier alpha value is -1.92. The number of hydrogen-bond donors (Lipinski definition) is 0. The molecule has 0 bridgehead atoms. The van der Waals surface area contributed by atoms with Crippen LogP contribution in [-0.4, -0.2) is 52.5 Å². The number of rotatable bonds is 4. The zero-order valence-electron chi connectivity index (χ0n) is 16.0. The van der Waals surface area contributed by atoms with Gasteiger partial charge < -0.3 is 9.42 Å². The lowest BCUT2D eigenvalue weighted by Crippen LogP contribution is -2.59. The summed E-state index contributed by atoms with van der Waals surface area (Å²) in [5.41, 5.74) is 1.10. The molecule has 144 valence electrons. The molecule has 3 heterocycles. The summed E-state index contributed by atoms with van der Waals surface area (Å²) in [6, 6.07) is 7.67. The van der Waals surface area contributed by atoms with E-state index in [0.29, 0.717) is 17.3 Å². The first-order chi connectivity index (χ1) is 12.8. The minimum Gasteiger partial charge on any atom is -0.341 e. The van der Waals surface area contributed by atoms with Gasteiger partial charge in [-0.3, -0.25) is 9.69 Å². The van der Waals surface area contributed by atoms with Gasteiger partial charge in [-0.15, -0.1) is 0 Å². The molecule has 2 aliphatic rings. The summed E-state index contributed by atoms with van der Waals surface area (Å²) >= 11 is 6.02. The molecule has 0 saturated carbocycles. The zero-order valence-corrected chi connectivity index (χ0v) is 16.7. The maximum Gasteiger partial charge on any atom is 0.229 e. The largest absolute Gasteiger partial charge is 0.341 e. The van der Waals surface area contributed by atoms with Crippen LogP contribution in [0.4, 0.5) is 0 Å². The predicted molar refractivity (Wildman–Crippen MR) is 103 cm³/mol. The fraction of sp³-hybridized carbons (Fsp3) is 0.550. The van der Waals surface area contributed by atoms with Gasteiger partial charge in [0.2, 0.25) is 11.8 Å². The molecular formula is C20H25ClN4O2. The number of nitrogens with zero attached hydrogens (tertiary/aromatic N) is 4. The van der Waals surface area contributed by atoms with Gasteiger partial charge in [0, 0.05) is 36.0 Å². The molecule has 2 aliphatic heterocycles. The molecule has 2 aromatic rings.